The normalized spacial score (nSPS) is 9.91. The highest BCUT2D eigenvalue weighted by Gasteiger charge is 2.13. The van der Waals surface area contributed by atoms with Crippen molar-refractivity contribution in [3.63, 3.8) is 0 Å². The van der Waals surface area contributed by atoms with E-state index in [0.29, 0.717) is 25.2 Å². The second-order valence-corrected chi connectivity index (χ2v) is 6.52. The zero-order valence-electron chi connectivity index (χ0n) is 13.1. The van der Waals surface area contributed by atoms with E-state index < -0.39 is 0 Å². The van der Waals surface area contributed by atoms with Crippen molar-refractivity contribution in [1.29, 1.82) is 5.26 Å². The van der Waals surface area contributed by atoms with Gasteiger partial charge in [-0.3, -0.25) is 0 Å². The molecule has 2 amide bonds. The van der Waals surface area contributed by atoms with E-state index in [1.807, 2.05) is 31.2 Å². The Bertz CT molecular complexity index is 730. The number of hydrogen-bond acceptors (Lipinski definition) is 3. The van der Waals surface area contributed by atoms with Crippen LogP contribution in [0.3, 0.4) is 0 Å². The van der Waals surface area contributed by atoms with Crippen LogP contribution in [0.25, 0.3) is 0 Å². The lowest BCUT2D eigenvalue weighted by Gasteiger charge is -2.21. The van der Waals surface area contributed by atoms with Crippen molar-refractivity contribution < 1.29 is 4.79 Å². The van der Waals surface area contributed by atoms with Gasteiger partial charge in [0.05, 0.1) is 18.2 Å². The molecule has 0 atom stereocenters. The van der Waals surface area contributed by atoms with Crippen LogP contribution in [-0.4, -0.2) is 17.5 Å². The van der Waals surface area contributed by atoms with Crippen molar-refractivity contribution >= 4 is 17.4 Å². The van der Waals surface area contributed by atoms with E-state index >= 15 is 0 Å². The number of carbonyl (C=O) groups excluding carboxylic acids is 1. The summed E-state index contributed by atoms with van der Waals surface area (Å²) in [6, 6.07) is 13.3. The van der Waals surface area contributed by atoms with Gasteiger partial charge in [0.25, 0.3) is 0 Å². The minimum Gasteiger partial charge on any atom is -0.333 e. The fourth-order valence-electron chi connectivity index (χ4n) is 2.19. The maximum atomic E-state index is 12.4. The van der Waals surface area contributed by atoms with E-state index in [2.05, 4.69) is 18.0 Å². The second-order valence-electron chi connectivity index (χ2n) is 5.15. The van der Waals surface area contributed by atoms with Gasteiger partial charge < -0.3 is 10.2 Å². The van der Waals surface area contributed by atoms with Crippen LogP contribution in [0.2, 0.25) is 0 Å². The van der Waals surface area contributed by atoms with Gasteiger partial charge in [-0.05, 0) is 36.8 Å². The van der Waals surface area contributed by atoms with Crippen LogP contribution >= 0.6 is 11.3 Å². The van der Waals surface area contributed by atoms with Crippen molar-refractivity contribution in [3.05, 3.63) is 69.9 Å². The highest BCUT2D eigenvalue weighted by atomic mass is 32.1. The molecule has 0 unspecified atom stereocenters. The molecule has 0 radical (unpaired) electrons. The molecular formula is C18H19N3OS. The minimum atomic E-state index is -0.140. The molecule has 4 nitrogen and oxygen atoms in total. The number of aryl methyl sites for hydroxylation is 1. The van der Waals surface area contributed by atoms with Gasteiger partial charge in [-0.1, -0.05) is 18.2 Å². The van der Waals surface area contributed by atoms with E-state index in [9.17, 15) is 4.79 Å². The molecule has 118 valence electrons. The fourth-order valence-corrected chi connectivity index (χ4v) is 3.02. The standard InChI is InChI=1S/C18H19N3OS/c1-3-9-21(13-16-6-4-5-15(10-16)11-19)18(22)20-12-17-8-7-14(2)23-17/h3-8,10H,1,9,12-13H2,2H3,(H,20,22). The lowest BCUT2D eigenvalue weighted by molar-refractivity contribution is 0.200. The molecular weight excluding hydrogens is 306 g/mol. The molecule has 0 saturated carbocycles. The third-order valence-electron chi connectivity index (χ3n) is 3.28. The Morgan fingerprint density at radius 3 is 2.91 bits per heavy atom. The summed E-state index contributed by atoms with van der Waals surface area (Å²) in [6.45, 7) is 7.16. The molecule has 2 rings (SSSR count). The average molecular weight is 325 g/mol. The topological polar surface area (TPSA) is 56.1 Å². The van der Waals surface area contributed by atoms with Crippen molar-refractivity contribution in [2.45, 2.75) is 20.0 Å². The van der Waals surface area contributed by atoms with E-state index in [-0.39, 0.29) is 6.03 Å². The van der Waals surface area contributed by atoms with Crippen molar-refractivity contribution in [1.82, 2.24) is 10.2 Å². The largest absolute Gasteiger partial charge is 0.333 e. The maximum Gasteiger partial charge on any atom is 0.318 e. The molecule has 23 heavy (non-hydrogen) atoms. The summed E-state index contributed by atoms with van der Waals surface area (Å²) in [5, 5.41) is 11.9. The third kappa shape index (κ3) is 4.97. The molecule has 0 bridgehead atoms. The molecule has 1 N–H and O–H groups in total. The Balaban J connectivity index is 2.00. The first kappa shape index (κ1) is 16.8. The molecule has 1 heterocycles. The average Bonchev–Trinajstić information content (AvgIpc) is 2.98. The number of hydrogen-bond donors (Lipinski definition) is 1. The molecule has 1 aromatic heterocycles. The van der Waals surface area contributed by atoms with Gasteiger partial charge in [-0.15, -0.1) is 17.9 Å². The monoisotopic (exact) mass is 325 g/mol. The Morgan fingerprint density at radius 2 is 2.26 bits per heavy atom. The highest BCUT2D eigenvalue weighted by molar-refractivity contribution is 7.11. The lowest BCUT2D eigenvalue weighted by atomic mass is 10.1. The van der Waals surface area contributed by atoms with E-state index in [1.54, 1.807) is 34.4 Å². The molecule has 0 fully saturated rings. The van der Waals surface area contributed by atoms with Gasteiger partial charge in [0.1, 0.15) is 0 Å². The Kier molecular flexibility index (Phi) is 5.95. The minimum absolute atomic E-state index is 0.140. The number of benzene rings is 1. The zero-order chi connectivity index (χ0) is 16.7. The van der Waals surface area contributed by atoms with Gasteiger partial charge in [0.15, 0.2) is 0 Å². The molecule has 1 aromatic carbocycles. The highest BCUT2D eigenvalue weighted by Crippen LogP contribution is 2.15. The van der Waals surface area contributed by atoms with E-state index in [1.165, 1.54) is 4.88 Å². The summed E-state index contributed by atoms with van der Waals surface area (Å²) in [4.78, 5) is 16.4. The van der Waals surface area contributed by atoms with Crippen LogP contribution in [0.4, 0.5) is 4.79 Å². The predicted molar refractivity (Wildman–Crippen MR) is 93.1 cm³/mol. The van der Waals surface area contributed by atoms with Gasteiger partial charge in [0.2, 0.25) is 0 Å². The number of carbonyl (C=O) groups is 1. The van der Waals surface area contributed by atoms with Crippen LogP contribution in [0.5, 0.6) is 0 Å². The summed E-state index contributed by atoms with van der Waals surface area (Å²) in [5.74, 6) is 0. The zero-order valence-corrected chi connectivity index (χ0v) is 13.9. The van der Waals surface area contributed by atoms with Crippen molar-refractivity contribution in [2.75, 3.05) is 6.54 Å². The summed E-state index contributed by atoms with van der Waals surface area (Å²) in [7, 11) is 0. The maximum absolute atomic E-state index is 12.4. The van der Waals surface area contributed by atoms with Gasteiger partial charge >= 0.3 is 6.03 Å². The first-order valence-corrected chi connectivity index (χ1v) is 8.12. The molecule has 0 spiro atoms. The van der Waals surface area contributed by atoms with E-state index in [4.69, 9.17) is 5.26 Å². The van der Waals surface area contributed by atoms with Crippen molar-refractivity contribution in [3.8, 4) is 6.07 Å². The second kappa shape index (κ2) is 8.16. The number of nitrogens with one attached hydrogen (secondary N) is 1. The molecule has 0 aliphatic rings. The summed E-state index contributed by atoms with van der Waals surface area (Å²) in [5.41, 5.74) is 1.52. The number of nitrogens with zero attached hydrogens (tertiary/aromatic N) is 2. The van der Waals surface area contributed by atoms with Crippen LogP contribution in [0.1, 0.15) is 20.9 Å². The van der Waals surface area contributed by atoms with E-state index in [0.717, 1.165) is 10.4 Å². The fraction of sp³-hybridized carbons (Fsp3) is 0.222. The van der Waals surface area contributed by atoms with Crippen LogP contribution in [0, 0.1) is 18.3 Å². The van der Waals surface area contributed by atoms with Crippen molar-refractivity contribution in [2.24, 2.45) is 0 Å². The lowest BCUT2D eigenvalue weighted by Crippen LogP contribution is -2.39. The number of amides is 2. The Labute approximate surface area is 140 Å². The van der Waals surface area contributed by atoms with Crippen LogP contribution in [-0.2, 0) is 13.1 Å². The van der Waals surface area contributed by atoms with Gasteiger partial charge in [-0.25, -0.2) is 4.79 Å². The number of rotatable bonds is 6. The summed E-state index contributed by atoms with van der Waals surface area (Å²) in [6.07, 6.45) is 1.70. The molecule has 2 aromatic rings. The molecule has 5 heteroatoms. The SMILES string of the molecule is C=CCN(Cc1cccc(C#N)c1)C(=O)NCc1ccc(C)s1. The number of urea groups is 1. The Hall–Kier alpha value is -2.58. The predicted octanol–water partition coefficient (Wildman–Crippen LogP) is 3.83. The quantitative estimate of drug-likeness (QED) is 0.821. The number of thiophene rings is 1. The smallest absolute Gasteiger partial charge is 0.318 e. The first-order chi connectivity index (χ1) is 11.1. The summed E-state index contributed by atoms with van der Waals surface area (Å²) >= 11 is 1.67. The van der Waals surface area contributed by atoms with Gasteiger partial charge in [0, 0.05) is 22.8 Å². The number of nitriles is 1. The first-order valence-electron chi connectivity index (χ1n) is 7.30. The molecule has 0 saturated heterocycles. The Morgan fingerprint density at radius 1 is 1.43 bits per heavy atom. The van der Waals surface area contributed by atoms with Crippen LogP contribution < -0.4 is 5.32 Å². The third-order valence-corrected chi connectivity index (χ3v) is 4.28. The van der Waals surface area contributed by atoms with Crippen LogP contribution in [0.15, 0.2) is 49.1 Å². The van der Waals surface area contributed by atoms with Gasteiger partial charge in [-0.2, -0.15) is 5.26 Å². The molecule has 0 aliphatic carbocycles. The molecule has 0 aliphatic heterocycles. The summed E-state index contributed by atoms with van der Waals surface area (Å²) < 4.78 is 0.